The van der Waals surface area contributed by atoms with Gasteiger partial charge in [0.2, 0.25) is 0 Å². The average molecular weight is 510 g/mol. The largest absolute Gasteiger partial charge is 0.381 e. The van der Waals surface area contributed by atoms with Crippen LogP contribution in [-0.4, -0.2) is 64.6 Å². The summed E-state index contributed by atoms with van der Waals surface area (Å²) in [5.74, 6) is 0.578. The van der Waals surface area contributed by atoms with Gasteiger partial charge in [-0.2, -0.15) is 9.61 Å². The number of ether oxygens (including phenoxy) is 2. The van der Waals surface area contributed by atoms with E-state index in [4.69, 9.17) is 15.2 Å². The molecule has 0 aromatic carbocycles. The van der Waals surface area contributed by atoms with E-state index < -0.39 is 5.91 Å². The molecule has 1 amide bonds. The lowest BCUT2D eigenvalue weighted by Crippen LogP contribution is -2.32. The van der Waals surface area contributed by atoms with Crippen LogP contribution >= 0.6 is 0 Å². The predicted molar refractivity (Wildman–Crippen MR) is 141 cm³/mol. The molecule has 3 aromatic rings. The molecule has 0 saturated heterocycles. The van der Waals surface area contributed by atoms with Crippen molar-refractivity contribution in [1.29, 1.82) is 0 Å². The molecule has 2 atom stereocenters. The monoisotopic (exact) mass is 509 g/mol. The normalized spacial score (nSPS) is 23.9. The summed E-state index contributed by atoms with van der Waals surface area (Å²) in [5, 5.41) is 7.61. The molecule has 11 nitrogen and oxygen atoms in total. The van der Waals surface area contributed by atoms with E-state index >= 15 is 0 Å². The van der Waals surface area contributed by atoms with Crippen molar-refractivity contribution < 1.29 is 14.3 Å². The van der Waals surface area contributed by atoms with Crippen LogP contribution in [0.3, 0.4) is 0 Å². The topological polar surface area (TPSA) is 129 Å². The number of carbonyl (C=O) groups is 1. The van der Waals surface area contributed by atoms with Crippen LogP contribution < -0.4 is 21.5 Å². The third-order valence-corrected chi connectivity index (χ3v) is 7.93. The third-order valence-electron chi connectivity index (χ3n) is 7.93. The van der Waals surface area contributed by atoms with Crippen LogP contribution in [-0.2, 0) is 9.47 Å². The summed E-state index contributed by atoms with van der Waals surface area (Å²) in [6.45, 7) is 0. The van der Waals surface area contributed by atoms with Gasteiger partial charge in [-0.05, 0) is 57.1 Å². The van der Waals surface area contributed by atoms with E-state index in [9.17, 15) is 9.59 Å². The summed E-state index contributed by atoms with van der Waals surface area (Å²) < 4.78 is 14.5. The average Bonchev–Trinajstić information content (AvgIpc) is 3.57. The first-order valence-corrected chi connectivity index (χ1v) is 12.8. The Hall–Kier alpha value is -3.44. The second-order valence-electron chi connectivity index (χ2n) is 10.0. The van der Waals surface area contributed by atoms with Crippen molar-refractivity contribution in [3.8, 4) is 0 Å². The second-order valence-corrected chi connectivity index (χ2v) is 10.0. The molecule has 0 spiro atoms. The van der Waals surface area contributed by atoms with Gasteiger partial charge < -0.3 is 30.0 Å². The molecule has 5 rings (SSSR count). The number of hydrogen-bond acceptors (Lipinski definition) is 8. The highest BCUT2D eigenvalue weighted by molar-refractivity contribution is 5.99. The molecule has 3 aromatic heterocycles. The Morgan fingerprint density at radius 1 is 1.14 bits per heavy atom. The maximum absolute atomic E-state index is 13.4. The fourth-order valence-electron chi connectivity index (χ4n) is 5.70. The second kappa shape index (κ2) is 10.5. The van der Waals surface area contributed by atoms with Crippen molar-refractivity contribution in [3.05, 3.63) is 46.5 Å². The van der Waals surface area contributed by atoms with Crippen LogP contribution in [0.25, 0.3) is 5.65 Å². The highest BCUT2D eigenvalue weighted by atomic mass is 16.5. The fraction of sp³-hybridized carbons (Fsp3) is 0.538. The highest BCUT2D eigenvalue weighted by Crippen LogP contribution is 2.32. The minimum atomic E-state index is -0.609. The first-order valence-electron chi connectivity index (χ1n) is 12.8. The van der Waals surface area contributed by atoms with Gasteiger partial charge in [0, 0.05) is 45.6 Å². The van der Waals surface area contributed by atoms with E-state index in [1.54, 1.807) is 29.4 Å². The van der Waals surface area contributed by atoms with Gasteiger partial charge in [0.25, 0.3) is 11.5 Å². The Kier molecular flexibility index (Phi) is 7.16. The number of nitrogens with two attached hydrogens (primary N) is 1. The number of pyridine rings is 1. The molecule has 0 aliphatic heterocycles. The molecule has 3 heterocycles. The SMILES string of the molecule is COC1CCC(n2cccc(Nc3cc(N(C)[C@H]4CC[C@H](OC)C4)n4ncc(C(N)=O)c4n3)c2=O)CC1. The molecular formula is C26H35N7O4. The minimum Gasteiger partial charge on any atom is -0.381 e. The lowest BCUT2D eigenvalue weighted by atomic mass is 9.92. The quantitative estimate of drug-likeness (QED) is 0.474. The molecule has 198 valence electrons. The van der Waals surface area contributed by atoms with Crippen molar-refractivity contribution in [2.75, 3.05) is 31.5 Å². The number of fused-ring (bicyclic) bond motifs is 1. The Labute approximate surface area is 215 Å². The Morgan fingerprint density at radius 3 is 2.54 bits per heavy atom. The van der Waals surface area contributed by atoms with Crippen molar-refractivity contribution in [3.63, 3.8) is 0 Å². The van der Waals surface area contributed by atoms with Gasteiger partial charge in [-0.15, -0.1) is 0 Å². The number of nitrogens with one attached hydrogen (secondary N) is 1. The zero-order chi connectivity index (χ0) is 26.1. The van der Waals surface area contributed by atoms with Crippen molar-refractivity contribution in [2.45, 2.75) is 69.2 Å². The van der Waals surface area contributed by atoms with Crippen molar-refractivity contribution >= 4 is 28.9 Å². The molecular weight excluding hydrogens is 474 g/mol. The van der Waals surface area contributed by atoms with E-state index in [1.165, 1.54) is 6.20 Å². The van der Waals surface area contributed by atoms with Gasteiger partial charge >= 0.3 is 0 Å². The van der Waals surface area contributed by atoms with Gasteiger partial charge in [0.15, 0.2) is 5.65 Å². The van der Waals surface area contributed by atoms with Crippen molar-refractivity contribution in [1.82, 2.24) is 19.2 Å². The first kappa shape index (κ1) is 25.2. The fourth-order valence-corrected chi connectivity index (χ4v) is 5.70. The van der Waals surface area contributed by atoms with E-state index in [2.05, 4.69) is 20.3 Å². The van der Waals surface area contributed by atoms with Gasteiger partial charge in [-0.1, -0.05) is 0 Å². The third kappa shape index (κ3) is 4.93. The van der Waals surface area contributed by atoms with Gasteiger partial charge in [-0.3, -0.25) is 9.59 Å². The lowest BCUT2D eigenvalue weighted by molar-refractivity contribution is 0.0580. The van der Waals surface area contributed by atoms with Crippen LogP contribution in [0.2, 0.25) is 0 Å². The minimum absolute atomic E-state index is 0.109. The van der Waals surface area contributed by atoms with E-state index in [-0.39, 0.29) is 35.4 Å². The van der Waals surface area contributed by atoms with E-state index in [0.29, 0.717) is 17.2 Å². The summed E-state index contributed by atoms with van der Waals surface area (Å²) in [6, 6.07) is 5.84. The number of primary amides is 1. The smallest absolute Gasteiger partial charge is 0.274 e. The van der Waals surface area contributed by atoms with E-state index in [0.717, 1.165) is 50.8 Å². The number of hydrogen-bond donors (Lipinski definition) is 2. The molecule has 0 unspecified atom stereocenters. The molecule has 11 heteroatoms. The molecule has 0 radical (unpaired) electrons. The Bertz CT molecular complexity index is 1330. The molecule has 0 bridgehead atoms. The first-order chi connectivity index (χ1) is 17.9. The van der Waals surface area contributed by atoms with Crippen LogP contribution in [0.15, 0.2) is 35.4 Å². The lowest BCUT2D eigenvalue weighted by Gasteiger charge is -2.29. The maximum Gasteiger partial charge on any atom is 0.274 e. The van der Waals surface area contributed by atoms with E-state index in [1.807, 2.05) is 25.4 Å². The number of rotatable bonds is 8. The summed E-state index contributed by atoms with van der Waals surface area (Å²) in [7, 11) is 5.48. The Balaban J connectivity index is 1.49. The number of carbonyl (C=O) groups excluding carboxylic acids is 1. The highest BCUT2D eigenvalue weighted by Gasteiger charge is 2.30. The maximum atomic E-state index is 13.4. The molecule has 2 aliphatic carbocycles. The molecule has 2 fully saturated rings. The van der Waals surface area contributed by atoms with Crippen LogP contribution in [0.5, 0.6) is 0 Å². The molecule has 2 saturated carbocycles. The molecule has 2 aliphatic rings. The zero-order valence-corrected chi connectivity index (χ0v) is 21.6. The standard InChI is InChI=1S/C26H35N7O4/c1-31(17-8-11-19(13-17)37-3)23-14-22(30-25-20(24(27)34)15-28-33(23)25)29-21-5-4-12-32(26(21)35)16-6-9-18(36-2)10-7-16/h4-5,12,14-19H,6-11,13H2,1-3H3,(H2,27,34)(H,29,30)/t16?,17-,18?,19-/m0/s1. The number of nitrogens with zero attached hydrogens (tertiary/aromatic N) is 5. The zero-order valence-electron chi connectivity index (χ0n) is 21.6. The summed E-state index contributed by atoms with van der Waals surface area (Å²) in [6.07, 6.45) is 10.2. The predicted octanol–water partition coefficient (Wildman–Crippen LogP) is 2.87. The summed E-state index contributed by atoms with van der Waals surface area (Å²) >= 11 is 0. The van der Waals surface area contributed by atoms with Crippen LogP contribution in [0.1, 0.15) is 61.3 Å². The molecule has 37 heavy (non-hydrogen) atoms. The van der Waals surface area contributed by atoms with Gasteiger partial charge in [-0.25, -0.2) is 4.98 Å². The van der Waals surface area contributed by atoms with Gasteiger partial charge in [0.05, 0.1) is 18.4 Å². The Morgan fingerprint density at radius 2 is 1.86 bits per heavy atom. The van der Waals surface area contributed by atoms with Crippen LogP contribution in [0, 0.1) is 0 Å². The number of amides is 1. The van der Waals surface area contributed by atoms with Crippen molar-refractivity contribution in [2.24, 2.45) is 5.73 Å². The summed E-state index contributed by atoms with van der Waals surface area (Å²) in [4.78, 5) is 32.3. The van der Waals surface area contributed by atoms with Crippen LogP contribution in [0.4, 0.5) is 17.3 Å². The number of aromatic nitrogens is 4. The molecule has 3 N–H and O–H groups in total. The number of methoxy groups -OCH3 is 2. The number of anilines is 3. The van der Waals surface area contributed by atoms with Gasteiger partial charge in [0.1, 0.15) is 22.9 Å². The summed E-state index contributed by atoms with van der Waals surface area (Å²) in [5.41, 5.74) is 6.49.